The molecule has 0 aliphatic heterocycles. The molecule has 0 spiro atoms. The van der Waals surface area contributed by atoms with Crippen molar-refractivity contribution in [1.29, 1.82) is 0 Å². The Hall–Kier alpha value is -1.97. The lowest BCUT2D eigenvalue weighted by atomic mass is 10.1. The first-order valence-electron chi connectivity index (χ1n) is 5.74. The molecule has 1 aromatic carbocycles. The maximum absolute atomic E-state index is 12.3. The van der Waals surface area contributed by atoms with Crippen molar-refractivity contribution in [2.45, 2.75) is 10.9 Å². The topological polar surface area (TPSA) is 106 Å². The van der Waals surface area contributed by atoms with Crippen LogP contribution >= 0.6 is 11.5 Å². The first kappa shape index (κ1) is 15.4. The minimum atomic E-state index is -4.06. The fraction of sp³-hybridized carbons (Fsp3) is 0.167. The van der Waals surface area contributed by atoms with E-state index in [-0.39, 0.29) is 10.8 Å². The molecule has 2 aromatic rings. The molecule has 0 radical (unpaired) electrons. The summed E-state index contributed by atoms with van der Waals surface area (Å²) in [5, 5.41) is 10.5. The number of carboxylic acids is 1. The number of rotatable bonds is 6. The normalized spacial score (nSPS) is 12.8. The van der Waals surface area contributed by atoms with Crippen LogP contribution in [0, 0.1) is 0 Å². The third-order valence-electron chi connectivity index (χ3n) is 2.64. The number of carboxylic acid groups (broad SMARTS) is 1. The zero-order chi connectivity index (χ0) is 15.5. The van der Waals surface area contributed by atoms with E-state index in [1.54, 1.807) is 18.2 Å². The van der Waals surface area contributed by atoms with Crippen LogP contribution in [0.3, 0.4) is 0 Å². The Morgan fingerprint density at radius 2 is 2.05 bits per heavy atom. The van der Waals surface area contributed by atoms with Crippen LogP contribution in [0.5, 0.6) is 5.88 Å². The van der Waals surface area contributed by atoms with E-state index in [0.29, 0.717) is 5.56 Å². The van der Waals surface area contributed by atoms with E-state index >= 15 is 0 Å². The quantitative estimate of drug-likeness (QED) is 0.827. The van der Waals surface area contributed by atoms with E-state index < -0.39 is 22.0 Å². The summed E-state index contributed by atoms with van der Waals surface area (Å²) in [6.45, 7) is 0. The highest BCUT2D eigenvalue weighted by Gasteiger charge is 2.29. The molecular weight excluding hydrogens is 316 g/mol. The minimum absolute atomic E-state index is 0.0651. The summed E-state index contributed by atoms with van der Waals surface area (Å²) in [5.41, 5.74) is 0.329. The SMILES string of the molecule is COc1nscc1S(=O)(=O)NC(C(=O)O)c1ccccc1. The Labute approximate surface area is 125 Å². The molecule has 2 N–H and O–H groups in total. The summed E-state index contributed by atoms with van der Waals surface area (Å²) in [6.07, 6.45) is 0. The summed E-state index contributed by atoms with van der Waals surface area (Å²) in [7, 11) is -2.77. The van der Waals surface area contributed by atoms with Gasteiger partial charge in [0.2, 0.25) is 15.9 Å². The van der Waals surface area contributed by atoms with Crippen molar-refractivity contribution in [3.8, 4) is 5.88 Å². The highest BCUT2D eigenvalue weighted by Crippen LogP contribution is 2.26. The number of ether oxygens (including phenoxy) is 1. The molecule has 0 fully saturated rings. The summed E-state index contributed by atoms with van der Waals surface area (Å²) in [5.74, 6) is -1.36. The molecule has 1 heterocycles. The van der Waals surface area contributed by atoms with Gasteiger partial charge in [-0.25, -0.2) is 8.42 Å². The summed E-state index contributed by atoms with van der Waals surface area (Å²) in [4.78, 5) is 11.1. The number of sulfonamides is 1. The number of nitrogens with one attached hydrogen (secondary N) is 1. The second-order valence-corrected chi connectivity index (χ2v) is 6.30. The molecule has 2 rings (SSSR count). The van der Waals surface area contributed by atoms with Gasteiger partial charge in [-0.15, -0.1) is 0 Å². The molecule has 7 nitrogen and oxygen atoms in total. The van der Waals surface area contributed by atoms with Crippen LogP contribution in [0.4, 0.5) is 0 Å². The first-order chi connectivity index (χ1) is 9.95. The fourth-order valence-electron chi connectivity index (χ4n) is 1.66. The molecule has 0 bridgehead atoms. The zero-order valence-corrected chi connectivity index (χ0v) is 12.5. The molecule has 9 heteroatoms. The van der Waals surface area contributed by atoms with E-state index in [0.717, 1.165) is 11.5 Å². The summed E-state index contributed by atoms with van der Waals surface area (Å²) < 4.78 is 35.3. The largest absolute Gasteiger partial charge is 0.480 e. The molecule has 1 unspecified atom stereocenters. The van der Waals surface area contributed by atoms with Gasteiger partial charge in [0.05, 0.1) is 7.11 Å². The maximum Gasteiger partial charge on any atom is 0.326 e. The third-order valence-corrected chi connectivity index (χ3v) is 4.82. The van der Waals surface area contributed by atoms with Gasteiger partial charge in [0.15, 0.2) is 4.90 Å². The molecular formula is C12H12N2O5S2. The Balaban J connectivity index is 2.35. The van der Waals surface area contributed by atoms with Crippen molar-refractivity contribution < 1.29 is 23.1 Å². The van der Waals surface area contributed by atoms with Gasteiger partial charge in [0.1, 0.15) is 6.04 Å². The average Bonchev–Trinajstić information content (AvgIpc) is 2.95. The van der Waals surface area contributed by atoms with Crippen molar-refractivity contribution in [2.24, 2.45) is 0 Å². The van der Waals surface area contributed by atoms with Crippen LogP contribution in [-0.4, -0.2) is 31.0 Å². The standard InChI is InChI=1S/C12H12N2O5S2/c1-19-11-9(7-20-13-11)21(17,18)14-10(12(15)16)8-5-3-2-4-6-8/h2-7,10,14H,1H3,(H,15,16). The van der Waals surface area contributed by atoms with Crippen LogP contribution in [0.25, 0.3) is 0 Å². The van der Waals surface area contributed by atoms with Gasteiger partial charge < -0.3 is 9.84 Å². The highest BCUT2D eigenvalue weighted by molar-refractivity contribution is 7.89. The minimum Gasteiger partial charge on any atom is -0.480 e. The van der Waals surface area contributed by atoms with Gasteiger partial charge in [-0.05, 0) is 17.1 Å². The van der Waals surface area contributed by atoms with Crippen molar-refractivity contribution in [3.63, 3.8) is 0 Å². The number of carbonyl (C=O) groups is 1. The van der Waals surface area contributed by atoms with E-state index in [4.69, 9.17) is 4.74 Å². The van der Waals surface area contributed by atoms with Crippen LogP contribution in [-0.2, 0) is 14.8 Å². The Bertz CT molecular complexity index is 727. The zero-order valence-electron chi connectivity index (χ0n) is 10.9. The molecule has 1 atom stereocenters. The van der Waals surface area contributed by atoms with Gasteiger partial charge in [-0.2, -0.15) is 9.10 Å². The van der Waals surface area contributed by atoms with E-state index in [1.807, 2.05) is 0 Å². The first-order valence-corrected chi connectivity index (χ1v) is 8.06. The second-order valence-electron chi connectivity index (χ2n) is 3.99. The molecule has 112 valence electrons. The van der Waals surface area contributed by atoms with Crippen LogP contribution in [0.1, 0.15) is 11.6 Å². The average molecular weight is 328 g/mol. The van der Waals surface area contributed by atoms with Crippen molar-refractivity contribution >= 4 is 27.5 Å². The number of benzene rings is 1. The summed E-state index contributed by atoms with van der Waals surface area (Å²) >= 11 is 0.907. The van der Waals surface area contributed by atoms with Gasteiger partial charge in [-0.1, -0.05) is 30.3 Å². The monoisotopic (exact) mass is 328 g/mol. The number of methoxy groups -OCH3 is 1. The van der Waals surface area contributed by atoms with Crippen molar-refractivity contribution in [1.82, 2.24) is 9.10 Å². The molecule has 21 heavy (non-hydrogen) atoms. The van der Waals surface area contributed by atoms with Crippen LogP contribution < -0.4 is 9.46 Å². The lowest BCUT2D eigenvalue weighted by Crippen LogP contribution is -2.33. The van der Waals surface area contributed by atoms with E-state index in [9.17, 15) is 18.3 Å². The lowest BCUT2D eigenvalue weighted by molar-refractivity contribution is -0.139. The Morgan fingerprint density at radius 3 is 2.62 bits per heavy atom. The van der Waals surface area contributed by atoms with Gasteiger partial charge in [-0.3, -0.25) is 4.79 Å². The van der Waals surface area contributed by atoms with E-state index in [2.05, 4.69) is 9.10 Å². The predicted molar refractivity (Wildman–Crippen MR) is 75.8 cm³/mol. The van der Waals surface area contributed by atoms with Crippen molar-refractivity contribution in [3.05, 3.63) is 41.3 Å². The summed E-state index contributed by atoms with van der Waals surface area (Å²) in [6, 6.07) is 6.65. The molecule has 0 aliphatic carbocycles. The lowest BCUT2D eigenvalue weighted by Gasteiger charge is -2.14. The molecule has 0 saturated heterocycles. The maximum atomic E-state index is 12.3. The number of hydrogen-bond acceptors (Lipinski definition) is 6. The molecule has 1 aromatic heterocycles. The van der Waals surface area contributed by atoms with Gasteiger partial charge in [0.25, 0.3) is 0 Å². The molecule has 0 aliphatic rings. The fourth-order valence-corrected chi connectivity index (χ4v) is 3.90. The van der Waals surface area contributed by atoms with Crippen LogP contribution in [0.15, 0.2) is 40.6 Å². The Kier molecular flexibility index (Phi) is 4.56. The number of aromatic nitrogens is 1. The number of hydrogen-bond donors (Lipinski definition) is 2. The van der Waals surface area contributed by atoms with Crippen molar-refractivity contribution in [2.75, 3.05) is 7.11 Å². The predicted octanol–water partition coefficient (Wildman–Crippen LogP) is 1.26. The highest BCUT2D eigenvalue weighted by atomic mass is 32.2. The second kappa shape index (κ2) is 6.20. The third kappa shape index (κ3) is 3.38. The molecule has 0 saturated carbocycles. The van der Waals surface area contributed by atoms with Gasteiger partial charge >= 0.3 is 5.97 Å². The van der Waals surface area contributed by atoms with Gasteiger partial charge in [0, 0.05) is 5.38 Å². The number of nitrogens with zero attached hydrogens (tertiary/aromatic N) is 1. The van der Waals surface area contributed by atoms with E-state index in [1.165, 1.54) is 24.6 Å². The van der Waals surface area contributed by atoms with Crippen LogP contribution in [0.2, 0.25) is 0 Å². The Morgan fingerprint density at radius 1 is 1.38 bits per heavy atom. The number of aliphatic carboxylic acids is 1. The smallest absolute Gasteiger partial charge is 0.326 e. The molecule has 0 amide bonds.